The lowest BCUT2D eigenvalue weighted by atomic mass is 10.1. The minimum atomic E-state index is -0.534. The van der Waals surface area contributed by atoms with Crippen molar-refractivity contribution in [1.82, 2.24) is 0 Å². The molecule has 1 heterocycles. The van der Waals surface area contributed by atoms with Crippen LogP contribution in [0, 0.1) is 10.1 Å². The van der Waals surface area contributed by atoms with Crippen LogP contribution in [0.15, 0.2) is 41.3 Å². The molecular formula is C20H16N2O7S2. The van der Waals surface area contributed by atoms with Gasteiger partial charge in [-0.15, -0.1) is 0 Å². The molecule has 1 amide bonds. The molecule has 1 fully saturated rings. The van der Waals surface area contributed by atoms with Gasteiger partial charge in [-0.1, -0.05) is 24.0 Å². The maximum Gasteiger partial charge on any atom is 0.308 e. The molecule has 0 unspecified atom stereocenters. The third-order valence-electron chi connectivity index (χ3n) is 4.14. The molecule has 0 aromatic heterocycles. The van der Waals surface area contributed by atoms with E-state index in [0.29, 0.717) is 20.5 Å². The molecule has 0 spiro atoms. The lowest BCUT2D eigenvalue weighted by Gasteiger charge is -2.14. The number of anilines is 1. The molecule has 0 atom stereocenters. The number of carbonyl (C=O) groups excluding carboxylic acids is 2. The van der Waals surface area contributed by atoms with Crippen LogP contribution in [0.5, 0.6) is 17.2 Å². The van der Waals surface area contributed by atoms with E-state index in [1.54, 1.807) is 18.2 Å². The highest BCUT2D eigenvalue weighted by Gasteiger charge is 2.33. The molecule has 0 aliphatic carbocycles. The Morgan fingerprint density at radius 2 is 1.74 bits per heavy atom. The number of carbonyl (C=O) groups is 2. The maximum atomic E-state index is 12.9. The molecule has 0 N–H and O–H groups in total. The Balaban J connectivity index is 1.95. The zero-order chi connectivity index (χ0) is 22.7. The van der Waals surface area contributed by atoms with E-state index in [1.807, 2.05) is 0 Å². The van der Waals surface area contributed by atoms with Crippen molar-refractivity contribution in [3.63, 3.8) is 0 Å². The van der Waals surface area contributed by atoms with Crippen LogP contribution in [0.4, 0.5) is 11.4 Å². The molecule has 11 heteroatoms. The molecule has 160 valence electrons. The van der Waals surface area contributed by atoms with Gasteiger partial charge in [0.15, 0.2) is 15.8 Å². The van der Waals surface area contributed by atoms with E-state index in [1.165, 1.54) is 50.3 Å². The van der Waals surface area contributed by atoms with Crippen LogP contribution in [0.25, 0.3) is 6.08 Å². The van der Waals surface area contributed by atoms with Gasteiger partial charge in [0, 0.05) is 19.1 Å². The number of amides is 1. The highest BCUT2D eigenvalue weighted by Crippen LogP contribution is 2.41. The molecule has 1 saturated heterocycles. The van der Waals surface area contributed by atoms with E-state index in [-0.39, 0.29) is 28.8 Å². The van der Waals surface area contributed by atoms with Crippen molar-refractivity contribution in [2.45, 2.75) is 6.92 Å². The number of nitrogens with zero attached hydrogens (tertiary/aromatic N) is 2. The molecule has 2 aromatic rings. The van der Waals surface area contributed by atoms with Gasteiger partial charge in [-0.2, -0.15) is 0 Å². The second-order valence-electron chi connectivity index (χ2n) is 6.14. The summed E-state index contributed by atoms with van der Waals surface area (Å²) in [5.41, 5.74) is 0.905. The predicted octanol–water partition coefficient (Wildman–Crippen LogP) is 3.94. The normalized spacial score (nSPS) is 14.7. The molecule has 0 saturated carbocycles. The summed E-state index contributed by atoms with van der Waals surface area (Å²) in [7, 11) is 2.83. The van der Waals surface area contributed by atoms with Crippen molar-refractivity contribution in [3.05, 3.63) is 57.0 Å². The first-order valence-electron chi connectivity index (χ1n) is 8.72. The quantitative estimate of drug-likeness (QED) is 0.158. The number of hydrogen-bond acceptors (Lipinski definition) is 9. The Morgan fingerprint density at radius 3 is 2.23 bits per heavy atom. The largest absolute Gasteiger partial charge is 0.493 e. The summed E-state index contributed by atoms with van der Waals surface area (Å²) >= 11 is 6.42. The summed E-state index contributed by atoms with van der Waals surface area (Å²) in [6.45, 7) is 1.26. The summed E-state index contributed by atoms with van der Waals surface area (Å²) in [5.74, 6) is -0.259. The number of rotatable bonds is 6. The number of methoxy groups -OCH3 is 2. The molecule has 9 nitrogen and oxygen atoms in total. The Labute approximate surface area is 186 Å². The lowest BCUT2D eigenvalue weighted by Crippen LogP contribution is -2.27. The average Bonchev–Trinajstić information content (AvgIpc) is 3.01. The molecule has 31 heavy (non-hydrogen) atoms. The number of nitro groups is 1. The first-order valence-corrected chi connectivity index (χ1v) is 9.94. The molecule has 3 rings (SSSR count). The topological polar surface area (TPSA) is 108 Å². The minimum absolute atomic E-state index is 0.0863. The van der Waals surface area contributed by atoms with Gasteiger partial charge in [0.05, 0.1) is 29.7 Å². The number of hydrogen-bond donors (Lipinski definition) is 0. The summed E-state index contributed by atoms with van der Waals surface area (Å²) in [6, 6.07) is 8.73. The van der Waals surface area contributed by atoms with Crippen molar-refractivity contribution < 1.29 is 28.7 Å². The number of ether oxygens (including phenoxy) is 3. The summed E-state index contributed by atoms with van der Waals surface area (Å²) in [5, 5.41) is 10.8. The SMILES string of the molecule is COc1cc(C=C2SC(=S)N(c3ccc([N+](=O)[O-])cc3)C2=O)cc(OC)c1OC(C)=O. The summed E-state index contributed by atoms with van der Waals surface area (Å²) in [6.07, 6.45) is 1.60. The van der Waals surface area contributed by atoms with Gasteiger partial charge in [0.2, 0.25) is 5.75 Å². The maximum absolute atomic E-state index is 12.9. The van der Waals surface area contributed by atoms with Gasteiger partial charge >= 0.3 is 5.97 Å². The van der Waals surface area contributed by atoms with Gasteiger partial charge < -0.3 is 14.2 Å². The lowest BCUT2D eigenvalue weighted by molar-refractivity contribution is -0.384. The van der Waals surface area contributed by atoms with Crippen LogP contribution < -0.4 is 19.1 Å². The van der Waals surface area contributed by atoms with Crippen LogP contribution in [0.3, 0.4) is 0 Å². The first-order chi connectivity index (χ1) is 14.7. The van der Waals surface area contributed by atoms with E-state index in [2.05, 4.69) is 0 Å². The highest BCUT2D eigenvalue weighted by molar-refractivity contribution is 8.27. The van der Waals surface area contributed by atoms with Gasteiger partial charge in [0.1, 0.15) is 0 Å². The van der Waals surface area contributed by atoms with Crippen LogP contribution in [0.1, 0.15) is 12.5 Å². The van der Waals surface area contributed by atoms with Crippen molar-refractivity contribution in [1.29, 1.82) is 0 Å². The van der Waals surface area contributed by atoms with Gasteiger partial charge in [-0.25, -0.2) is 0 Å². The van der Waals surface area contributed by atoms with E-state index in [4.69, 9.17) is 26.4 Å². The third-order valence-corrected chi connectivity index (χ3v) is 5.44. The van der Waals surface area contributed by atoms with Crippen molar-refractivity contribution in [2.75, 3.05) is 19.1 Å². The number of benzene rings is 2. The number of thioether (sulfide) groups is 1. The number of non-ortho nitro benzene ring substituents is 1. The Kier molecular flexibility index (Phi) is 6.56. The Hall–Kier alpha value is -3.44. The van der Waals surface area contributed by atoms with Crippen molar-refractivity contribution in [2.24, 2.45) is 0 Å². The molecule has 1 aliphatic heterocycles. The van der Waals surface area contributed by atoms with Crippen LogP contribution >= 0.6 is 24.0 Å². The van der Waals surface area contributed by atoms with E-state index < -0.39 is 10.9 Å². The smallest absolute Gasteiger partial charge is 0.308 e. The number of thiocarbonyl (C=S) groups is 1. The van der Waals surface area contributed by atoms with E-state index in [9.17, 15) is 19.7 Å². The van der Waals surface area contributed by atoms with Gasteiger partial charge in [-0.3, -0.25) is 24.6 Å². The predicted molar refractivity (Wildman–Crippen MR) is 120 cm³/mol. The fourth-order valence-electron chi connectivity index (χ4n) is 2.79. The van der Waals surface area contributed by atoms with Gasteiger partial charge in [-0.05, 0) is 35.9 Å². The van der Waals surface area contributed by atoms with Gasteiger partial charge in [0.25, 0.3) is 11.6 Å². The molecule has 0 bridgehead atoms. The number of esters is 1. The summed E-state index contributed by atoms with van der Waals surface area (Å²) in [4.78, 5) is 36.3. The second-order valence-corrected chi connectivity index (χ2v) is 7.81. The van der Waals surface area contributed by atoms with E-state index >= 15 is 0 Å². The average molecular weight is 460 g/mol. The molecule has 0 radical (unpaired) electrons. The van der Waals surface area contributed by atoms with Crippen LogP contribution in [-0.2, 0) is 9.59 Å². The fraction of sp³-hybridized carbons (Fsp3) is 0.150. The Bertz CT molecular complexity index is 1090. The first kappa shape index (κ1) is 22.2. The number of nitro benzene ring substituents is 1. The van der Waals surface area contributed by atoms with Crippen molar-refractivity contribution >= 4 is 57.6 Å². The second kappa shape index (κ2) is 9.14. The summed E-state index contributed by atoms with van der Waals surface area (Å²) < 4.78 is 16.0. The molecular weight excluding hydrogens is 444 g/mol. The zero-order valence-corrected chi connectivity index (χ0v) is 18.2. The Morgan fingerprint density at radius 1 is 1.16 bits per heavy atom. The highest BCUT2D eigenvalue weighted by atomic mass is 32.2. The standard InChI is InChI=1S/C20H16N2O7S2/c1-11(23)29-18-15(27-2)8-12(9-16(18)28-3)10-17-19(24)21(20(30)31-17)13-4-6-14(7-5-13)22(25)26/h4-10H,1-3H3. The minimum Gasteiger partial charge on any atom is -0.493 e. The molecule has 2 aromatic carbocycles. The van der Waals surface area contributed by atoms with Crippen molar-refractivity contribution in [3.8, 4) is 17.2 Å². The fourth-order valence-corrected chi connectivity index (χ4v) is 4.09. The van der Waals surface area contributed by atoms with Crippen LogP contribution in [0.2, 0.25) is 0 Å². The zero-order valence-electron chi connectivity index (χ0n) is 16.6. The van der Waals surface area contributed by atoms with Crippen LogP contribution in [-0.4, -0.2) is 35.3 Å². The third kappa shape index (κ3) is 4.67. The van der Waals surface area contributed by atoms with E-state index in [0.717, 1.165) is 11.8 Å². The molecule has 1 aliphatic rings. The monoisotopic (exact) mass is 460 g/mol.